The number of hydrogen-bond donors (Lipinski definition) is 1. The highest BCUT2D eigenvalue weighted by molar-refractivity contribution is 7.99. The molecule has 0 amide bonds. The Bertz CT molecular complexity index is 368. The predicted octanol–water partition coefficient (Wildman–Crippen LogP) is 3.83. The quantitative estimate of drug-likeness (QED) is 0.582. The van der Waals surface area contributed by atoms with E-state index in [0.717, 1.165) is 19.7 Å². The summed E-state index contributed by atoms with van der Waals surface area (Å²) in [5.74, 6) is 0.705. The Morgan fingerprint density at radius 1 is 1.39 bits per heavy atom. The number of nitrogens with one attached hydrogen (secondary N) is 1. The second-order valence-electron chi connectivity index (χ2n) is 3.66. The minimum Gasteiger partial charge on any atom is -0.383 e. The Labute approximate surface area is 123 Å². The molecule has 1 aromatic carbocycles. The number of methoxy groups -OCH3 is 1. The predicted molar refractivity (Wildman–Crippen MR) is 80.5 cm³/mol. The van der Waals surface area contributed by atoms with E-state index in [1.165, 1.54) is 16.0 Å². The summed E-state index contributed by atoms with van der Waals surface area (Å²) in [4.78, 5) is 1.19. The lowest BCUT2D eigenvalue weighted by atomic mass is 10.2. The van der Waals surface area contributed by atoms with Crippen LogP contribution in [0.15, 0.2) is 39.7 Å². The fourth-order valence-electron chi connectivity index (χ4n) is 1.29. The average molecular weight is 306 g/mol. The lowest BCUT2D eigenvalue weighted by Crippen LogP contribution is -2.18. The highest BCUT2D eigenvalue weighted by Gasteiger charge is 1.97. The fraction of sp³-hybridized carbons (Fsp3) is 0.385. The van der Waals surface area contributed by atoms with Crippen LogP contribution in [0, 0.1) is 0 Å². The molecule has 0 spiro atoms. The van der Waals surface area contributed by atoms with Crippen molar-refractivity contribution in [3.63, 3.8) is 0 Å². The van der Waals surface area contributed by atoms with Gasteiger partial charge in [-0.25, -0.2) is 0 Å². The molecule has 0 heterocycles. The van der Waals surface area contributed by atoms with Crippen LogP contribution in [0.25, 0.3) is 0 Å². The van der Waals surface area contributed by atoms with Crippen molar-refractivity contribution in [1.29, 1.82) is 0 Å². The molecule has 0 saturated carbocycles. The third-order valence-electron chi connectivity index (χ3n) is 2.23. The van der Waals surface area contributed by atoms with E-state index < -0.39 is 0 Å². The normalized spacial score (nSPS) is 11.8. The molecule has 0 aliphatic heterocycles. The van der Waals surface area contributed by atoms with Gasteiger partial charge in [0.05, 0.1) is 6.61 Å². The second-order valence-corrected chi connectivity index (χ2v) is 5.41. The van der Waals surface area contributed by atoms with Crippen molar-refractivity contribution in [3.8, 4) is 0 Å². The summed E-state index contributed by atoms with van der Waals surface area (Å²) in [6.07, 6.45) is 0. The lowest BCUT2D eigenvalue weighted by Gasteiger charge is -2.05. The third kappa shape index (κ3) is 6.66. The van der Waals surface area contributed by atoms with Crippen LogP contribution in [0.4, 0.5) is 0 Å². The van der Waals surface area contributed by atoms with Crippen molar-refractivity contribution in [2.24, 2.45) is 0 Å². The molecule has 0 saturated heterocycles. The highest BCUT2D eigenvalue weighted by Crippen LogP contribution is 2.22. The summed E-state index contributed by atoms with van der Waals surface area (Å²) in [5, 5.41) is 3.96. The topological polar surface area (TPSA) is 21.3 Å². The van der Waals surface area contributed by atoms with Crippen LogP contribution in [-0.2, 0) is 11.3 Å². The zero-order valence-electron chi connectivity index (χ0n) is 10.3. The number of thioether (sulfide) groups is 1. The molecule has 0 unspecified atom stereocenters. The van der Waals surface area contributed by atoms with Gasteiger partial charge in [0.15, 0.2) is 0 Å². The van der Waals surface area contributed by atoms with Crippen LogP contribution in [0.2, 0.25) is 0 Å². The van der Waals surface area contributed by atoms with Crippen LogP contribution in [-0.4, -0.2) is 26.0 Å². The van der Waals surface area contributed by atoms with Crippen molar-refractivity contribution < 1.29 is 4.74 Å². The zero-order valence-corrected chi connectivity index (χ0v) is 12.6. The van der Waals surface area contributed by atoms with E-state index in [0.29, 0.717) is 10.8 Å². The van der Waals surface area contributed by atoms with Gasteiger partial charge < -0.3 is 10.1 Å². The van der Waals surface area contributed by atoms with Gasteiger partial charge in [-0.3, -0.25) is 0 Å². The van der Waals surface area contributed by atoms with Crippen molar-refractivity contribution in [1.82, 2.24) is 5.32 Å². The Morgan fingerprint density at radius 2 is 2.11 bits per heavy atom. The van der Waals surface area contributed by atoms with Gasteiger partial charge in [0.2, 0.25) is 0 Å². The maximum atomic E-state index is 5.83. The monoisotopic (exact) mass is 305 g/mol. The number of rotatable bonds is 8. The smallest absolute Gasteiger partial charge is 0.0587 e. The molecule has 0 aromatic heterocycles. The van der Waals surface area contributed by atoms with Gasteiger partial charge in [0, 0.05) is 41.4 Å². The summed E-state index contributed by atoms with van der Waals surface area (Å²) in [6, 6.07) is 8.41. The minimum atomic E-state index is 0.659. The summed E-state index contributed by atoms with van der Waals surface area (Å²) in [6.45, 7) is 2.46. The third-order valence-corrected chi connectivity index (χ3v) is 4.07. The van der Waals surface area contributed by atoms with Gasteiger partial charge in [-0.1, -0.05) is 35.3 Å². The molecule has 1 rings (SSSR count). The first-order valence-electron chi connectivity index (χ1n) is 5.62. The molecule has 1 aromatic rings. The maximum Gasteiger partial charge on any atom is 0.0587 e. The minimum absolute atomic E-state index is 0.659. The van der Waals surface area contributed by atoms with Crippen molar-refractivity contribution in [3.05, 3.63) is 40.4 Å². The van der Waals surface area contributed by atoms with Crippen molar-refractivity contribution >= 4 is 35.0 Å². The lowest BCUT2D eigenvalue weighted by molar-refractivity contribution is 0.199. The number of ether oxygens (including phenoxy) is 1. The first kappa shape index (κ1) is 15.9. The van der Waals surface area contributed by atoms with Crippen molar-refractivity contribution in [2.45, 2.75) is 11.4 Å². The average Bonchev–Trinajstić information content (AvgIpc) is 2.42. The van der Waals surface area contributed by atoms with Crippen LogP contribution in [0.1, 0.15) is 5.56 Å². The molecule has 0 fully saturated rings. The van der Waals surface area contributed by atoms with Gasteiger partial charge in [-0.2, -0.15) is 0 Å². The van der Waals surface area contributed by atoms with Crippen LogP contribution in [0.3, 0.4) is 0 Å². The molecule has 1 N–H and O–H groups in total. The summed E-state index contributed by atoms with van der Waals surface area (Å²) in [5.41, 5.74) is 2.66. The number of benzene rings is 1. The number of hydrogen-bond acceptors (Lipinski definition) is 3. The molecule has 5 heteroatoms. The van der Waals surface area contributed by atoms with Gasteiger partial charge in [0.25, 0.3) is 0 Å². The van der Waals surface area contributed by atoms with E-state index >= 15 is 0 Å². The highest BCUT2D eigenvalue weighted by atomic mass is 35.5. The Hall–Kier alpha value is -0.190. The molecular weight excluding hydrogens is 289 g/mol. The molecule has 18 heavy (non-hydrogen) atoms. The molecule has 0 atom stereocenters. The maximum absolute atomic E-state index is 5.83. The molecule has 2 nitrogen and oxygen atoms in total. The van der Waals surface area contributed by atoms with E-state index in [-0.39, 0.29) is 0 Å². The summed E-state index contributed by atoms with van der Waals surface area (Å²) in [7, 11) is 1.70. The molecule has 0 aliphatic rings. The fourth-order valence-corrected chi connectivity index (χ4v) is 2.34. The summed E-state index contributed by atoms with van der Waals surface area (Å²) >= 11 is 13.0. The number of halogens is 2. The zero-order chi connectivity index (χ0) is 13.2. The molecule has 0 radical (unpaired) electrons. The first-order chi connectivity index (χ1) is 8.76. The Kier molecular flexibility index (Phi) is 8.55. The van der Waals surface area contributed by atoms with Crippen LogP contribution in [0.5, 0.6) is 0 Å². The molecule has 0 aliphatic carbocycles. The van der Waals surface area contributed by atoms with E-state index in [2.05, 4.69) is 29.6 Å². The Balaban J connectivity index is 2.33. The Morgan fingerprint density at radius 3 is 2.72 bits per heavy atom. The van der Waals surface area contributed by atoms with Crippen LogP contribution < -0.4 is 5.32 Å². The summed E-state index contributed by atoms with van der Waals surface area (Å²) < 4.78 is 4.97. The van der Waals surface area contributed by atoms with E-state index in [1.807, 2.05) is 0 Å². The van der Waals surface area contributed by atoms with Crippen molar-refractivity contribution in [2.75, 3.05) is 26.0 Å². The standard InChI is InChI=1S/C13H17Cl2NOS/c1-17-7-6-16-9-11-2-4-13(5-3-11)18-10-12(15)8-14/h2-5,8,16H,6-7,9-10H2,1H3/b12-8-. The van der Waals surface area contributed by atoms with E-state index in [1.54, 1.807) is 18.9 Å². The largest absolute Gasteiger partial charge is 0.383 e. The second kappa shape index (κ2) is 9.70. The first-order valence-corrected chi connectivity index (χ1v) is 7.42. The molecule has 0 bridgehead atoms. The SMILES string of the molecule is COCCNCc1ccc(SC/C(Cl)=C/Cl)cc1. The van der Waals surface area contributed by atoms with Gasteiger partial charge >= 0.3 is 0 Å². The van der Waals surface area contributed by atoms with Crippen LogP contribution >= 0.6 is 35.0 Å². The van der Waals surface area contributed by atoms with Gasteiger partial charge in [0.1, 0.15) is 0 Å². The van der Waals surface area contributed by atoms with Gasteiger partial charge in [-0.05, 0) is 17.7 Å². The molecule has 100 valence electrons. The van der Waals surface area contributed by atoms with E-state index in [9.17, 15) is 0 Å². The van der Waals surface area contributed by atoms with Gasteiger partial charge in [-0.15, -0.1) is 11.8 Å². The molecular formula is C13H17Cl2NOS. The van der Waals surface area contributed by atoms with E-state index in [4.69, 9.17) is 27.9 Å².